The van der Waals surface area contributed by atoms with Gasteiger partial charge < -0.3 is 14.2 Å². The van der Waals surface area contributed by atoms with Gasteiger partial charge in [0.1, 0.15) is 13.2 Å². The number of carbonyl (C=O) groups excluding carboxylic acids is 3. The summed E-state index contributed by atoms with van der Waals surface area (Å²) >= 11 is 0. The van der Waals surface area contributed by atoms with Crippen LogP contribution in [0, 0.1) is 0 Å². The maximum Gasteiger partial charge on any atom is 0.306 e. The minimum absolute atomic E-state index is 0.0709. The molecule has 6 heteroatoms. The third-order valence-corrected chi connectivity index (χ3v) is 16.8. The van der Waals surface area contributed by atoms with Crippen molar-refractivity contribution in [2.45, 2.75) is 419 Å². The Morgan fingerprint density at radius 2 is 0.402 bits per heavy atom. The summed E-state index contributed by atoms with van der Waals surface area (Å²) in [6.45, 7) is 6.70. The van der Waals surface area contributed by atoms with E-state index in [9.17, 15) is 14.4 Å². The number of unbranched alkanes of at least 4 members (excludes halogenated alkanes) is 52. The number of esters is 3. The van der Waals surface area contributed by atoms with Crippen LogP contribution in [0.3, 0.4) is 0 Å². The van der Waals surface area contributed by atoms with E-state index in [0.29, 0.717) is 19.3 Å². The first-order valence-corrected chi connectivity index (χ1v) is 37.0. The van der Waals surface area contributed by atoms with Crippen molar-refractivity contribution in [3.05, 3.63) is 36.5 Å². The predicted molar refractivity (Wildman–Crippen MR) is 358 cm³/mol. The fraction of sp³-hybridized carbons (Fsp3) is 0.882. The summed E-state index contributed by atoms with van der Waals surface area (Å²) in [7, 11) is 0. The second kappa shape index (κ2) is 71.1. The average molecular weight is 1150 g/mol. The Morgan fingerprint density at radius 1 is 0.232 bits per heavy atom. The van der Waals surface area contributed by atoms with Crippen LogP contribution >= 0.6 is 0 Å². The van der Waals surface area contributed by atoms with Crippen LogP contribution < -0.4 is 0 Å². The number of rotatable bonds is 69. The van der Waals surface area contributed by atoms with E-state index < -0.39 is 6.10 Å². The van der Waals surface area contributed by atoms with E-state index in [1.54, 1.807) is 0 Å². The summed E-state index contributed by atoms with van der Waals surface area (Å²) < 4.78 is 17.0. The number of carbonyl (C=O) groups is 3. The summed E-state index contributed by atoms with van der Waals surface area (Å²) in [5, 5.41) is 0. The van der Waals surface area contributed by atoms with Crippen LogP contribution in [0.5, 0.6) is 0 Å². The molecular formula is C76H142O6. The van der Waals surface area contributed by atoms with E-state index in [2.05, 4.69) is 57.2 Å². The molecule has 0 aliphatic heterocycles. The van der Waals surface area contributed by atoms with Crippen molar-refractivity contribution in [2.24, 2.45) is 0 Å². The third kappa shape index (κ3) is 68.4. The standard InChI is InChI=1S/C76H142O6/c1-4-7-10-13-16-19-22-25-28-31-33-34-35-36-37-38-39-40-41-42-44-45-48-51-54-57-60-63-66-69-75(78)81-72-73(71-80-74(77)68-65-62-59-56-53-50-47-30-27-24-21-18-15-12-9-6-3)82-76(79)70-67-64-61-58-55-52-49-46-43-32-29-26-23-20-17-14-11-8-5-2/h26,29-31,33,47,73H,4-25,27-28,32,34-46,48-72H2,1-3H3/b29-26-,33-31-,47-30-. The Labute approximate surface area is 512 Å². The minimum atomic E-state index is -0.776. The van der Waals surface area contributed by atoms with Crippen molar-refractivity contribution < 1.29 is 28.6 Å². The van der Waals surface area contributed by atoms with Crippen LogP contribution in [0.2, 0.25) is 0 Å². The summed E-state index contributed by atoms with van der Waals surface area (Å²) in [5.74, 6) is -0.851. The highest BCUT2D eigenvalue weighted by Gasteiger charge is 2.19. The molecule has 0 amide bonds. The lowest BCUT2D eigenvalue weighted by atomic mass is 10.0. The zero-order chi connectivity index (χ0) is 59.2. The highest BCUT2D eigenvalue weighted by Crippen LogP contribution is 2.18. The number of hydrogen-bond acceptors (Lipinski definition) is 6. The van der Waals surface area contributed by atoms with Crippen LogP contribution in [0.25, 0.3) is 0 Å². The first-order valence-electron chi connectivity index (χ1n) is 37.0. The van der Waals surface area contributed by atoms with Crippen molar-refractivity contribution in [1.82, 2.24) is 0 Å². The topological polar surface area (TPSA) is 78.9 Å². The van der Waals surface area contributed by atoms with Gasteiger partial charge >= 0.3 is 17.9 Å². The van der Waals surface area contributed by atoms with E-state index in [1.165, 1.54) is 308 Å². The van der Waals surface area contributed by atoms with Gasteiger partial charge in [0.25, 0.3) is 0 Å². The van der Waals surface area contributed by atoms with Crippen molar-refractivity contribution in [3.8, 4) is 0 Å². The van der Waals surface area contributed by atoms with Crippen molar-refractivity contribution in [2.75, 3.05) is 13.2 Å². The molecule has 0 aliphatic rings. The normalized spacial score (nSPS) is 12.2. The molecule has 0 fully saturated rings. The third-order valence-electron chi connectivity index (χ3n) is 16.8. The van der Waals surface area contributed by atoms with E-state index in [-0.39, 0.29) is 31.1 Å². The molecule has 1 atom stereocenters. The molecule has 0 spiro atoms. The minimum Gasteiger partial charge on any atom is -0.462 e. The Bertz CT molecular complexity index is 1370. The van der Waals surface area contributed by atoms with Crippen LogP contribution in [-0.2, 0) is 28.6 Å². The van der Waals surface area contributed by atoms with Gasteiger partial charge in [0.15, 0.2) is 6.10 Å². The zero-order valence-electron chi connectivity index (χ0n) is 55.5. The lowest BCUT2D eigenvalue weighted by molar-refractivity contribution is -0.167. The number of hydrogen-bond donors (Lipinski definition) is 0. The van der Waals surface area contributed by atoms with E-state index in [0.717, 1.165) is 64.2 Å². The fourth-order valence-corrected chi connectivity index (χ4v) is 11.3. The summed E-state index contributed by atoms with van der Waals surface area (Å²) in [6, 6.07) is 0. The van der Waals surface area contributed by atoms with Crippen molar-refractivity contribution >= 4 is 17.9 Å². The summed E-state index contributed by atoms with van der Waals surface area (Å²) in [4.78, 5) is 38.5. The molecule has 0 N–H and O–H groups in total. The molecule has 0 radical (unpaired) electrons. The van der Waals surface area contributed by atoms with Crippen LogP contribution in [0.15, 0.2) is 36.5 Å². The molecule has 0 bridgehead atoms. The lowest BCUT2D eigenvalue weighted by Crippen LogP contribution is -2.30. The highest BCUT2D eigenvalue weighted by atomic mass is 16.6. The van der Waals surface area contributed by atoms with Crippen LogP contribution in [0.4, 0.5) is 0 Å². The van der Waals surface area contributed by atoms with Crippen molar-refractivity contribution in [1.29, 1.82) is 0 Å². The lowest BCUT2D eigenvalue weighted by Gasteiger charge is -2.18. The number of allylic oxidation sites excluding steroid dienone is 6. The maximum absolute atomic E-state index is 13.0. The SMILES string of the molecule is CCCCCCCC/C=C\CCCCCCCCCCCC(=O)OC(COC(=O)CCCCCCC/C=C\CCCCCCCCC)COC(=O)CCCCCCCCCCCCCCCCCCC/C=C\CCCCCCCCCC. The Morgan fingerprint density at radius 3 is 0.610 bits per heavy atom. The average Bonchev–Trinajstić information content (AvgIpc) is 3.47. The molecule has 0 rings (SSSR count). The fourth-order valence-electron chi connectivity index (χ4n) is 11.3. The van der Waals surface area contributed by atoms with Gasteiger partial charge in [-0.1, -0.05) is 333 Å². The molecule has 0 saturated heterocycles. The maximum atomic E-state index is 13.0. The molecule has 482 valence electrons. The second-order valence-electron chi connectivity index (χ2n) is 25.2. The van der Waals surface area contributed by atoms with E-state index in [1.807, 2.05) is 0 Å². The Balaban J connectivity index is 4.23. The molecule has 0 aromatic heterocycles. The van der Waals surface area contributed by atoms with Gasteiger partial charge in [0.2, 0.25) is 0 Å². The molecular weight excluding hydrogens is 1010 g/mol. The van der Waals surface area contributed by atoms with Crippen LogP contribution in [0.1, 0.15) is 412 Å². The van der Waals surface area contributed by atoms with Gasteiger partial charge in [-0.15, -0.1) is 0 Å². The Kier molecular flexibility index (Phi) is 69.1. The van der Waals surface area contributed by atoms with E-state index in [4.69, 9.17) is 14.2 Å². The molecule has 0 heterocycles. The molecule has 82 heavy (non-hydrogen) atoms. The first-order chi connectivity index (χ1) is 40.5. The smallest absolute Gasteiger partial charge is 0.306 e. The summed E-state index contributed by atoms with van der Waals surface area (Å²) in [5.41, 5.74) is 0. The first kappa shape index (κ1) is 79.6. The zero-order valence-corrected chi connectivity index (χ0v) is 55.5. The van der Waals surface area contributed by atoms with Gasteiger partial charge in [0.05, 0.1) is 0 Å². The molecule has 0 aliphatic carbocycles. The monoisotopic (exact) mass is 1150 g/mol. The van der Waals surface area contributed by atoms with Crippen molar-refractivity contribution in [3.63, 3.8) is 0 Å². The molecule has 0 saturated carbocycles. The largest absolute Gasteiger partial charge is 0.462 e. The quantitative estimate of drug-likeness (QED) is 0.0261. The van der Waals surface area contributed by atoms with Gasteiger partial charge in [-0.25, -0.2) is 0 Å². The Hall–Kier alpha value is -2.37. The van der Waals surface area contributed by atoms with Gasteiger partial charge in [-0.2, -0.15) is 0 Å². The molecule has 0 aromatic rings. The highest BCUT2D eigenvalue weighted by molar-refractivity contribution is 5.71. The second-order valence-corrected chi connectivity index (χ2v) is 25.2. The van der Waals surface area contributed by atoms with Gasteiger partial charge in [-0.05, 0) is 96.3 Å². The molecule has 0 aromatic carbocycles. The molecule has 1 unspecified atom stereocenters. The van der Waals surface area contributed by atoms with Gasteiger partial charge in [-0.3, -0.25) is 14.4 Å². The van der Waals surface area contributed by atoms with Crippen LogP contribution in [-0.4, -0.2) is 37.2 Å². The summed E-state index contributed by atoms with van der Waals surface area (Å²) in [6.07, 6.45) is 89.0. The molecule has 6 nitrogen and oxygen atoms in total. The van der Waals surface area contributed by atoms with Gasteiger partial charge in [0, 0.05) is 19.3 Å². The predicted octanol–water partition coefficient (Wildman–Crippen LogP) is 25.5. The van der Waals surface area contributed by atoms with E-state index >= 15 is 0 Å². The number of ether oxygens (including phenoxy) is 3.